The smallest absolute Gasteiger partial charge is 0.230 e. The molecule has 3 atom stereocenters. The molecule has 6 rings (SSSR count). The number of carbonyl (C=O) groups is 1. The van der Waals surface area contributed by atoms with Crippen molar-refractivity contribution in [3.8, 4) is 0 Å². The Bertz CT molecular complexity index is 1210. The van der Waals surface area contributed by atoms with Crippen LogP contribution in [0.15, 0.2) is 91.0 Å². The Morgan fingerprint density at radius 3 is 2.10 bits per heavy atom. The monoisotopic (exact) mass is 521 g/mol. The van der Waals surface area contributed by atoms with Crippen LogP contribution in [0.1, 0.15) is 43.7 Å². The quantitative estimate of drug-likeness (QED) is 0.332. The lowest BCUT2D eigenvalue weighted by atomic mass is 9.67. The molecule has 204 valence electrons. The van der Waals surface area contributed by atoms with Gasteiger partial charge in [0.05, 0.1) is 0 Å². The summed E-state index contributed by atoms with van der Waals surface area (Å²) in [6.07, 6.45) is 5.53. The van der Waals surface area contributed by atoms with Crippen LogP contribution in [-0.4, -0.2) is 54.5 Å². The third-order valence-electron chi connectivity index (χ3n) is 9.88. The van der Waals surface area contributed by atoms with Crippen LogP contribution in [0.3, 0.4) is 0 Å². The summed E-state index contributed by atoms with van der Waals surface area (Å²) >= 11 is 0. The zero-order chi connectivity index (χ0) is 26.7. The number of piperidine rings is 1. The molecule has 1 amide bonds. The van der Waals surface area contributed by atoms with E-state index in [1.54, 1.807) is 0 Å². The second-order valence-electron chi connectivity index (χ2n) is 12.2. The number of rotatable bonds is 9. The third kappa shape index (κ3) is 5.55. The summed E-state index contributed by atoms with van der Waals surface area (Å²) in [5.41, 5.74) is 3.90. The maximum atomic E-state index is 14.1. The van der Waals surface area contributed by atoms with Gasteiger partial charge in [-0.2, -0.15) is 0 Å². The molecule has 2 aliphatic heterocycles. The second kappa shape index (κ2) is 11.7. The van der Waals surface area contributed by atoms with Crippen molar-refractivity contribution in [3.63, 3.8) is 0 Å². The highest BCUT2D eigenvalue weighted by Gasteiger charge is 2.55. The number of para-hydroxylation sites is 1. The highest BCUT2D eigenvalue weighted by Crippen LogP contribution is 2.48. The minimum Gasteiger partial charge on any atom is -0.309 e. The molecule has 0 N–H and O–H groups in total. The average molecular weight is 522 g/mol. The average Bonchev–Trinajstić information content (AvgIpc) is 3.31. The van der Waals surface area contributed by atoms with Gasteiger partial charge in [-0.3, -0.25) is 9.69 Å². The van der Waals surface area contributed by atoms with E-state index in [0.29, 0.717) is 11.8 Å². The minimum absolute atomic E-state index is 0.0406. The first-order valence-corrected chi connectivity index (χ1v) is 15.0. The molecular weight excluding hydrogens is 478 g/mol. The summed E-state index contributed by atoms with van der Waals surface area (Å²) in [6.45, 7) is 8.78. The van der Waals surface area contributed by atoms with E-state index in [1.807, 2.05) is 0 Å². The number of nitrogens with zero attached hydrogens (tertiary/aromatic N) is 3. The Hall–Kier alpha value is -2.95. The number of likely N-dealkylation sites (tertiary alicyclic amines) is 2. The number of amides is 1. The predicted molar refractivity (Wildman–Crippen MR) is 160 cm³/mol. The summed E-state index contributed by atoms with van der Waals surface area (Å²) in [7, 11) is 0. The first kappa shape index (κ1) is 26.3. The summed E-state index contributed by atoms with van der Waals surface area (Å²) in [5.74, 6) is 1.11. The van der Waals surface area contributed by atoms with Crippen molar-refractivity contribution in [3.05, 3.63) is 102 Å². The zero-order valence-electron chi connectivity index (χ0n) is 23.4. The molecule has 0 spiro atoms. The normalized spacial score (nSPS) is 24.6. The first-order chi connectivity index (χ1) is 19.1. The van der Waals surface area contributed by atoms with E-state index in [-0.39, 0.29) is 17.4 Å². The van der Waals surface area contributed by atoms with Crippen molar-refractivity contribution in [2.24, 2.45) is 17.3 Å². The highest BCUT2D eigenvalue weighted by molar-refractivity contribution is 5.96. The van der Waals surface area contributed by atoms with Gasteiger partial charge in [-0.15, -0.1) is 0 Å². The van der Waals surface area contributed by atoms with Gasteiger partial charge in [-0.25, -0.2) is 0 Å². The Morgan fingerprint density at radius 1 is 0.846 bits per heavy atom. The third-order valence-corrected chi connectivity index (χ3v) is 9.88. The number of hydrogen-bond acceptors (Lipinski definition) is 3. The van der Waals surface area contributed by atoms with Crippen LogP contribution in [0.25, 0.3) is 0 Å². The van der Waals surface area contributed by atoms with Crippen LogP contribution in [0.5, 0.6) is 0 Å². The van der Waals surface area contributed by atoms with Crippen molar-refractivity contribution in [1.29, 1.82) is 0 Å². The van der Waals surface area contributed by atoms with E-state index in [2.05, 4.69) is 113 Å². The molecule has 0 bridgehead atoms. The summed E-state index contributed by atoms with van der Waals surface area (Å²) in [5, 5.41) is 0. The van der Waals surface area contributed by atoms with E-state index in [0.717, 1.165) is 64.2 Å². The Kier molecular flexibility index (Phi) is 7.85. The molecule has 3 aromatic rings. The molecule has 3 aromatic carbocycles. The fourth-order valence-electron chi connectivity index (χ4n) is 7.42. The number of fused-ring (bicyclic) bond motifs is 1. The maximum Gasteiger partial charge on any atom is 0.230 e. The van der Waals surface area contributed by atoms with Crippen LogP contribution < -0.4 is 4.90 Å². The van der Waals surface area contributed by atoms with Crippen LogP contribution in [0.4, 0.5) is 5.69 Å². The molecule has 2 heterocycles. The lowest BCUT2D eigenvalue weighted by molar-refractivity contribution is -0.126. The number of hydrogen-bond donors (Lipinski definition) is 0. The van der Waals surface area contributed by atoms with Gasteiger partial charge in [-0.05, 0) is 68.3 Å². The molecule has 4 nitrogen and oxygen atoms in total. The predicted octanol–water partition coefficient (Wildman–Crippen LogP) is 6.28. The van der Waals surface area contributed by atoms with Crippen LogP contribution in [-0.2, 0) is 17.8 Å². The lowest BCUT2D eigenvalue weighted by Gasteiger charge is -2.51. The molecule has 39 heavy (non-hydrogen) atoms. The number of anilines is 1. The van der Waals surface area contributed by atoms with Gasteiger partial charge in [0.15, 0.2) is 0 Å². The largest absolute Gasteiger partial charge is 0.309 e. The maximum absolute atomic E-state index is 14.1. The fourth-order valence-corrected chi connectivity index (χ4v) is 7.42. The number of carbonyl (C=O) groups excluding carboxylic acids is 1. The van der Waals surface area contributed by atoms with E-state index < -0.39 is 0 Å². The van der Waals surface area contributed by atoms with Gasteiger partial charge < -0.3 is 9.80 Å². The summed E-state index contributed by atoms with van der Waals surface area (Å²) in [4.78, 5) is 21.7. The molecule has 2 unspecified atom stereocenters. The molecule has 3 aliphatic rings. The zero-order valence-corrected chi connectivity index (χ0v) is 23.4. The lowest BCUT2D eigenvalue weighted by Crippen LogP contribution is -2.61. The van der Waals surface area contributed by atoms with E-state index in [4.69, 9.17) is 0 Å². The molecule has 3 fully saturated rings. The van der Waals surface area contributed by atoms with Gasteiger partial charge in [0.25, 0.3) is 0 Å². The van der Waals surface area contributed by atoms with Crippen LogP contribution >= 0.6 is 0 Å². The molecule has 1 saturated carbocycles. The van der Waals surface area contributed by atoms with Crippen molar-refractivity contribution in [2.75, 3.05) is 37.6 Å². The van der Waals surface area contributed by atoms with Crippen molar-refractivity contribution in [1.82, 2.24) is 9.80 Å². The summed E-state index contributed by atoms with van der Waals surface area (Å²) < 4.78 is 0. The van der Waals surface area contributed by atoms with Crippen LogP contribution in [0.2, 0.25) is 0 Å². The van der Waals surface area contributed by atoms with Crippen molar-refractivity contribution >= 4 is 11.6 Å². The van der Waals surface area contributed by atoms with E-state index >= 15 is 0 Å². The number of benzene rings is 3. The molecular formula is C35H43N3O. The fraction of sp³-hybridized carbons (Fsp3) is 0.457. The SMILES string of the molecule is C[C@H](N(C(=O)C1CCC1)c1ccccc1)C12CN(CCc3ccccc3)CCC1CN(Cc1ccccc1)C2. The topological polar surface area (TPSA) is 26.8 Å². The Balaban J connectivity index is 1.30. The van der Waals surface area contributed by atoms with Crippen molar-refractivity contribution < 1.29 is 4.79 Å². The molecule has 0 aromatic heterocycles. The summed E-state index contributed by atoms with van der Waals surface area (Å²) in [6, 6.07) is 32.4. The van der Waals surface area contributed by atoms with Crippen LogP contribution in [0, 0.1) is 17.3 Å². The standard InChI is InChI=1S/C35H43N3O/c1-28(38(33-18-9-4-10-19-33)34(39)31-16-11-17-31)35-26-36(22-20-29-12-5-2-6-13-29)23-21-32(35)25-37(27-35)24-30-14-7-3-8-15-30/h2-10,12-15,18-19,28,31-32H,11,16-17,20-27H2,1H3/t28-,32?,35?/m0/s1. The molecule has 1 aliphatic carbocycles. The highest BCUT2D eigenvalue weighted by atomic mass is 16.2. The molecule has 4 heteroatoms. The molecule has 0 radical (unpaired) electrons. The van der Waals surface area contributed by atoms with Gasteiger partial charge >= 0.3 is 0 Å². The van der Waals surface area contributed by atoms with Gasteiger partial charge in [0, 0.05) is 55.8 Å². The molecule has 2 saturated heterocycles. The Morgan fingerprint density at radius 2 is 1.46 bits per heavy atom. The van der Waals surface area contributed by atoms with E-state index in [1.165, 1.54) is 24.0 Å². The Labute approximate surface area is 234 Å². The first-order valence-electron chi connectivity index (χ1n) is 15.0. The minimum atomic E-state index is 0.0406. The van der Waals surface area contributed by atoms with Gasteiger partial charge in [-0.1, -0.05) is 85.3 Å². The van der Waals surface area contributed by atoms with Crippen molar-refractivity contribution in [2.45, 2.75) is 51.6 Å². The van der Waals surface area contributed by atoms with E-state index in [9.17, 15) is 4.79 Å². The van der Waals surface area contributed by atoms with Gasteiger partial charge in [0.2, 0.25) is 5.91 Å². The second-order valence-corrected chi connectivity index (χ2v) is 12.2. The van der Waals surface area contributed by atoms with Gasteiger partial charge in [0.1, 0.15) is 0 Å².